The van der Waals surface area contributed by atoms with E-state index in [1.165, 1.54) is 13.4 Å². The maximum Gasteiger partial charge on any atom is 0.216 e. The number of nitrogens with zero attached hydrogens (tertiary/aromatic N) is 2. The molecule has 0 amide bonds. The lowest BCUT2D eigenvalue weighted by Crippen LogP contribution is -2.04. The number of hydrogen-bond donors (Lipinski definition) is 1. The molecule has 0 bridgehead atoms. The van der Waals surface area contributed by atoms with Crippen LogP contribution in [0.25, 0.3) is 0 Å². The number of aliphatic hydroxyl groups excluding tert-OH is 1. The lowest BCUT2D eigenvalue weighted by Gasteiger charge is -2.09. The zero-order valence-electron chi connectivity index (χ0n) is 9.13. The molecule has 0 aliphatic heterocycles. The third-order valence-corrected chi connectivity index (χ3v) is 4.23. The Bertz CT molecular complexity index is 504. The predicted molar refractivity (Wildman–Crippen MR) is 69.3 cm³/mol. The Morgan fingerprint density at radius 3 is 3.00 bits per heavy atom. The summed E-state index contributed by atoms with van der Waals surface area (Å²) in [5, 5.41) is 12.1. The minimum atomic E-state index is -0.651. The number of rotatable bonds is 4. The van der Waals surface area contributed by atoms with Gasteiger partial charge in [-0.3, -0.25) is 0 Å². The predicted octanol–water partition coefficient (Wildman–Crippen LogP) is 2.59. The Morgan fingerprint density at radius 2 is 2.35 bits per heavy atom. The summed E-state index contributed by atoms with van der Waals surface area (Å²) in [6.45, 7) is 0. The minimum Gasteiger partial charge on any atom is -0.481 e. The van der Waals surface area contributed by atoms with Crippen molar-refractivity contribution >= 4 is 27.3 Å². The first-order valence-electron chi connectivity index (χ1n) is 4.96. The van der Waals surface area contributed by atoms with E-state index < -0.39 is 6.10 Å². The maximum atomic E-state index is 10.1. The van der Waals surface area contributed by atoms with Gasteiger partial charge in [-0.05, 0) is 27.4 Å². The Balaban J connectivity index is 2.14. The molecule has 0 fully saturated rings. The smallest absolute Gasteiger partial charge is 0.216 e. The molecule has 2 heterocycles. The summed E-state index contributed by atoms with van der Waals surface area (Å²) in [6.07, 6.45) is 1.26. The molecule has 6 heteroatoms. The Hall–Kier alpha value is -0.980. The Kier molecular flexibility index (Phi) is 4.09. The van der Waals surface area contributed by atoms with Crippen LogP contribution < -0.4 is 4.74 Å². The van der Waals surface area contributed by atoms with Crippen LogP contribution >= 0.6 is 27.3 Å². The van der Waals surface area contributed by atoms with E-state index in [0.29, 0.717) is 18.0 Å². The van der Waals surface area contributed by atoms with Gasteiger partial charge in [0.05, 0.1) is 12.8 Å². The van der Waals surface area contributed by atoms with Crippen molar-refractivity contribution in [3.63, 3.8) is 0 Å². The molecule has 0 aromatic carbocycles. The number of hydrogen-bond acceptors (Lipinski definition) is 5. The summed E-state index contributed by atoms with van der Waals surface area (Å²) in [5.74, 6) is 0.458. The molecule has 1 atom stereocenters. The molecule has 17 heavy (non-hydrogen) atoms. The van der Waals surface area contributed by atoms with Gasteiger partial charge >= 0.3 is 0 Å². The van der Waals surface area contributed by atoms with E-state index in [1.807, 2.05) is 11.4 Å². The zero-order valence-corrected chi connectivity index (χ0v) is 11.5. The van der Waals surface area contributed by atoms with Crippen LogP contribution in [-0.2, 0) is 6.42 Å². The highest BCUT2D eigenvalue weighted by Crippen LogP contribution is 2.28. The van der Waals surface area contributed by atoms with Crippen molar-refractivity contribution in [3.8, 4) is 5.88 Å². The summed E-state index contributed by atoms with van der Waals surface area (Å²) in [4.78, 5) is 9.04. The van der Waals surface area contributed by atoms with Gasteiger partial charge in [0, 0.05) is 21.8 Å². The number of ether oxygens (including phenoxy) is 1. The van der Waals surface area contributed by atoms with Gasteiger partial charge in [-0.25, -0.2) is 9.97 Å². The summed E-state index contributed by atoms with van der Waals surface area (Å²) < 4.78 is 6.01. The number of aliphatic hydroxyl groups is 1. The number of methoxy groups -OCH3 is 1. The van der Waals surface area contributed by atoms with Crippen molar-refractivity contribution < 1.29 is 9.84 Å². The number of halogens is 1. The van der Waals surface area contributed by atoms with Gasteiger partial charge < -0.3 is 9.84 Å². The highest BCUT2D eigenvalue weighted by molar-refractivity contribution is 9.10. The van der Waals surface area contributed by atoms with E-state index in [9.17, 15) is 5.11 Å². The first-order valence-corrected chi connectivity index (χ1v) is 6.64. The summed E-state index contributed by atoms with van der Waals surface area (Å²) in [5.41, 5.74) is 0.567. The van der Waals surface area contributed by atoms with Gasteiger partial charge in [-0.1, -0.05) is 0 Å². The molecular weight excluding hydrogens is 304 g/mol. The van der Waals surface area contributed by atoms with E-state index in [4.69, 9.17) is 4.74 Å². The molecule has 2 aromatic rings. The molecule has 0 aliphatic rings. The number of aromatic nitrogens is 2. The minimum absolute atomic E-state index is 0.458. The van der Waals surface area contributed by atoms with Gasteiger partial charge in [0.2, 0.25) is 5.88 Å². The fourth-order valence-corrected chi connectivity index (χ4v) is 2.95. The van der Waals surface area contributed by atoms with Crippen molar-refractivity contribution in [2.45, 2.75) is 12.5 Å². The summed E-state index contributed by atoms with van der Waals surface area (Å²) in [7, 11) is 1.54. The van der Waals surface area contributed by atoms with Crippen LogP contribution in [0.5, 0.6) is 5.88 Å². The maximum absolute atomic E-state index is 10.1. The lowest BCUT2D eigenvalue weighted by atomic mass is 10.1. The van der Waals surface area contributed by atoms with Crippen molar-refractivity contribution in [2.75, 3.05) is 7.11 Å². The highest BCUT2D eigenvalue weighted by Gasteiger charge is 2.14. The van der Waals surface area contributed by atoms with E-state index in [0.717, 1.165) is 9.35 Å². The van der Waals surface area contributed by atoms with E-state index in [1.54, 1.807) is 17.4 Å². The first-order chi connectivity index (χ1) is 8.20. The molecule has 1 unspecified atom stereocenters. The largest absolute Gasteiger partial charge is 0.481 e. The van der Waals surface area contributed by atoms with Crippen molar-refractivity contribution in [3.05, 3.63) is 38.9 Å². The van der Waals surface area contributed by atoms with Crippen molar-refractivity contribution in [1.82, 2.24) is 9.97 Å². The molecule has 90 valence electrons. The average molecular weight is 315 g/mol. The van der Waals surface area contributed by atoms with Crippen LogP contribution in [0.15, 0.2) is 28.3 Å². The second kappa shape index (κ2) is 5.57. The van der Waals surface area contributed by atoms with Gasteiger partial charge in [0.25, 0.3) is 0 Å². The van der Waals surface area contributed by atoms with Gasteiger partial charge in [0.1, 0.15) is 12.4 Å². The fourth-order valence-electron chi connectivity index (χ4n) is 1.40. The Morgan fingerprint density at radius 1 is 1.53 bits per heavy atom. The van der Waals surface area contributed by atoms with Crippen LogP contribution in [0, 0.1) is 0 Å². The molecule has 1 N–H and O–H groups in total. The second-order valence-electron chi connectivity index (χ2n) is 3.40. The van der Waals surface area contributed by atoms with Crippen LogP contribution in [0.2, 0.25) is 0 Å². The van der Waals surface area contributed by atoms with Crippen LogP contribution in [-0.4, -0.2) is 22.2 Å². The molecule has 4 nitrogen and oxygen atoms in total. The van der Waals surface area contributed by atoms with Gasteiger partial charge in [0.15, 0.2) is 0 Å². The third-order valence-electron chi connectivity index (χ3n) is 2.28. The van der Waals surface area contributed by atoms with Gasteiger partial charge in [-0.15, -0.1) is 11.3 Å². The molecule has 0 saturated carbocycles. The third kappa shape index (κ3) is 3.02. The average Bonchev–Trinajstić information content (AvgIpc) is 2.75. The van der Waals surface area contributed by atoms with Crippen LogP contribution in [0.3, 0.4) is 0 Å². The molecule has 0 radical (unpaired) electrons. The molecule has 0 aliphatic carbocycles. The Labute approximate surface area is 111 Å². The van der Waals surface area contributed by atoms with Crippen LogP contribution in [0.1, 0.15) is 16.7 Å². The van der Waals surface area contributed by atoms with Crippen molar-refractivity contribution in [1.29, 1.82) is 0 Å². The summed E-state index contributed by atoms with van der Waals surface area (Å²) in [6, 6.07) is 3.61. The molecule has 0 saturated heterocycles. The summed E-state index contributed by atoms with van der Waals surface area (Å²) >= 11 is 5.04. The monoisotopic (exact) mass is 314 g/mol. The topological polar surface area (TPSA) is 55.2 Å². The fraction of sp³-hybridized carbons (Fsp3) is 0.273. The molecular formula is C11H11BrN2O2S. The van der Waals surface area contributed by atoms with E-state index >= 15 is 0 Å². The van der Waals surface area contributed by atoms with Crippen molar-refractivity contribution in [2.24, 2.45) is 0 Å². The molecule has 2 rings (SSSR count). The lowest BCUT2D eigenvalue weighted by molar-refractivity contribution is 0.173. The SMILES string of the molecule is COc1cc(C(O)Cc2sccc2Br)ncn1. The van der Waals surface area contributed by atoms with Gasteiger partial charge in [-0.2, -0.15) is 0 Å². The van der Waals surface area contributed by atoms with E-state index in [2.05, 4.69) is 25.9 Å². The molecule has 0 spiro atoms. The first kappa shape index (κ1) is 12.5. The zero-order chi connectivity index (χ0) is 12.3. The quantitative estimate of drug-likeness (QED) is 0.942. The second-order valence-corrected chi connectivity index (χ2v) is 5.25. The number of thiophene rings is 1. The normalized spacial score (nSPS) is 12.4. The van der Waals surface area contributed by atoms with Crippen LogP contribution in [0.4, 0.5) is 0 Å². The standard InChI is InChI=1S/C11H11BrN2O2S/c1-16-11-4-8(13-6-14-11)9(15)5-10-7(12)2-3-17-10/h2-4,6,9,15H,5H2,1H3. The molecule has 2 aromatic heterocycles. The van der Waals surface area contributed by atoms with E-state index in [-0.39, 0.29) is 0 Å². The highest BCUT2D eigenvalue weighted by atomic mass is 79.9.